The number of urea groups is 1. The normalized spacial score (nSPS) is 13.8. The summed E-state index contributed by atoms with van der Waals surface area (Å²) in [6, 6.07) is 6.29. The van der Waals surface area contributed by atoms with Gasteiger partial charge in [0.25, 0.3) is 5.91 Å². The number of nitrogens with one attached hydrogen (secondary N) is 3. The number of amides is 3. The molecular weight excluding hydrogens is 294 g/mol. The van der Waals surface area contributed by atoms with Gasteiger partial charge in [-0.15, -0.1) is 0 Å². The number of anilines is 1. The van der Waals surface area contributed by atoms with Crippen molar-refractivity contribution in [1.29, 1.82) is 0 Å². The third-order valence-corrected chi connectivity index (χ3v) is 3.42. The van der Waals surface area contributed by atoms with Crippen molar-refractivity contribution in [3.8, 4) is 0 Å². The van der Waals surface area contributed by atoms with Gasteiger partial charge in [0.2, 0.25) is 0 Å². The van der Waals surface area contributed by atoms with Gasteiger partial charge in [0.15, 0.2) is 0 Å². The number of hydrogen-bond acceptors (Lipinski definition) is 3. The maximum Gasteiger partial charge on any atom is 0.319 e. The molecule has 128 valence electrons. The molecule has 0 aliphatic carbocycles. The topological polar surface area (TPSA) is 90.5 Å². The van der Waals surface area contributed by atoms with Gasteiger partial charge in [-0.2, -0.15) is 0 Å². The Morgan fingerprint density at radius 3 is 2.30 bits per heavy atom. The van der Waals surface area contributed by atoms with Crippen LogP contribution < -0.4 is 16.0 Å². The van der Waals surface area contributed by atoms with E-state index in [0.29, 0.717) is 17.7 Å². The Kier molecular flexibility index (Phi) is 6.15. The van der Waals surface area contributed by atoms with Gasteiger partial charge >= 0.3 is 6.03 Å². The SMILES string of the molecule is CC[C@](C)(CO)NC(=O)Nc1cccc(C(=O)NC(C)(C)C)c1. The van der Waals surface area contributed by atoms with Crippen molar-refractivity contribution in [3.05, 3.63) is 29.8 Å². The Labute approximate surface area is 137 Å². The van der Waals surface area contributed by atoms with Crippen LogP contribution in [0.2, 0.25) is 0 Å². The number of carbonyl (C=O) groups excluding carboxylic acids is 2. The second-order valence-electron chi connectivity index (χ2n) is 6.94. The lowest BCUT2D eigenvalue weighted by Gasteiger charge is -2.27. The predicted octanol–water partition coefficient (Wildman–Crippen LogP) is 2.50. The van der Waals surface area contributed by atoms with Crippen LogP contribution in [-0.2, 0) is 0 Å². The molecule has 0 bridgehead atoms. The standard InChI is InChI=1S/C17H27N3O3/c1-6-17(5,11-21)20-15(23)18-13-9-7-8-12(10-13)14(22)19-16(2,3)4/h7-10,21H,6,11H2,1-5H3,(H,19,22)(H2,18,20,23)/t17-/m1/s1. The first-order valence-corrected chi connectivity index (χ1v) is 7.71. The Morgan fingerprint density at radius 2 is 1.78 bits per heavy atom. The summed E-state index contributed by atoms with van der Waals surface area (Å²) in [5, 5.41) is 17.6. The van der Waals surface area contributed by atoms with Crippen molar-refractivity contribution >= 4 is 17.6 Å². The van der Waals surface area contributed by atoms with Gasteiger partial charge in [-0.1, -0.05) is 13.0 Å². The molecule has 4 N–H and O–H groups in total. The van der Waals surface area contributed by atoms with E-state index >= 15 is 0 Å². The number of rotatable bonds is 5. The molecule has 1 atom stereocenters. The number of carbonyl (C=O) groups is 2. The summed E-state index contributed by atoms with van der Waals surface area (Å²) >= 11 is 0. The van der Waals surface area contributed by atoms with Crippen LogP contribution in [0.5, 0.6) is 0 Å². The number of hydrogen-bond donors (Lipinski definition) is 4. The van der Waals surface area contributed by atoms with Crippen molar-refractivity contribution in [2.45, 2.75) is 52.1 Å². The average molecular weight is 321 g/mol. The third kappa shape index (κ3) is 6.28. The first kappa shape index (κ1) is 19.0. The molecule has 3 amide bonds. The second-order valence-corrected chi connectivity index (χ2v) is 6.94. The van der Waals surface area contributed by atoms with Crippen molar-refractivity contribution < 1.29 is 14.7 Å². The fourth-order valence-corrected chi connectivity index (χ4v) is 1.83. The summed E-state index contributed by atoms with van der Waals surface area (Å²) in [5.74, 6) is -0.199. The van der Waals surface area contributed by atoms with Gasteiger partial charge in [-0.05, 0) is 52.3 Å². The van der Waals surface area contributed by atoms with Crippen molar-refractivity contribution in [2.75, 3.05) is 11.9 Å². The average Bonchev–Trinajstić information content (AvgIpc) is 2.45. The zero-order valence-electron chi connectivity index (χ0n) is 14.5. The monoisotopic (exact) mass is 321 g/mol. The summed E-state index contributed by atoms with van der Waals surface area (Å²) in [4.78, 5) is 24.2. The third-order valence-electron chi connectivity index (χ3n) is 3.42. The fraction of sp³-hybridized carbons (Fsp3) is 0.529. The molecule has 6 heteroatoms. The Hall–Kier alpha value is -2.08. The molecule has 0 spiro atoms. The predicted molar refractivity (Wildman–Crippen MR) is 91.6 cm³/mol. The number of aliphatic hydroxyl groups excluding tert-OH is 1. The maximum absolute atomic E-state index is 12.1. The van der Waals surface area contributed by atoms with Gasteiger partial charge in [0, 0.05) is 16.8 Å². The van der Waals surface area contributed by atoms with Crippen LogP contribution in [0.4, 0.5) is 10.5 Å². The molecule has 0 fully saturated rings. The first-order chi connectivity index (χ1) is 10.6. The minimum Gasteiger partial charge on any atom is -0.394 e. The zero-order chi connectivity index (χ0) is 17.7. The highest BCUT2D eigenvalue weighted by Gasteiger charge is 2.23. The van der Waals surface area contributed by atoms with Crippen LogP contribution in [0, 0.1) is 0 Å². The smallest absolute Gasteiger partial charge is 0.319 e. The lowest BCUT2D eigenvalue weighted by Crippen LogP contribution is -2.50. The highest BCUT2D eigenvalue weighted by Crippen LogP contribution is 2.13. The molecule has 0 aliphatic rings. The first-order valence-electron chi connectivity index (χ1n) is 7.71. The van der Waals surface area contributed by atoms with E-state index in [-0.39, 0.29) is 18.1 Å². The van der Waals surface area contributed by atoms with E-state index in [0.717, 1.165) is 0 Å². The summed E-state index contributed by atoms with van der Waals surface area (Å²) in [6.07, 6.45) is 0.602. The minimum atomic E-state index is -0.675. The van der Waals surface area contributed by atoms with Gasteiger partial charge in [0.1, 0.15) is 0 Å². The van der Waals surface area contributed by atoms with E-state index in [1.807, 2.05) is 27.7 Å². The summed E-state index contributed by atoms with van der Waals surface area (Å²) in [6.45, 7) is 9.21. The molecule has 0 heterocycles. The fourth-order valence-electron chi connectivity index (χ4n) is 1.83. The van der Waals surface area contributed by atoms with Crippen LogP contribution in [0.3, 0.4) is 0 Å². The van der Waals surface area contributed by atoms with Crippen molar-refractivity contribution in [1.82, 2.24) is 10.6 Å². The van der Waals surface area contributed by atoms with E-state index in [4.69, 9.17) is 0 Å². The second kappa shape index (κ2) is 7.46. The Balaban J connectivity index is 2.78. The molecule has 1 aromatic rings. The molecule has 1 aromatic carbocycles. The van der Waals surface area contributed by atoms with Gasteiger partial charge in [-0.25, -0.2) is 4.79 Å². The molecule has 1 rings (SSSR count). The van der Waals surface area contributed by atoms with Crippen LogP contribution in [0.15, 0.2) is 24.3 Å². The molecule has 0 saturated heterocycles. The quantitative estimate of drug-likeness (QED) is 0.671. The van der Waals surface area contributed by atoms with Gasteiger partial charge < -0.3 is 21.1 Å². The highest BCUT2D eigenvalue weighted by molar-refractivity contribution is 5.97. The summed E-state index contributed by atoms with van der Waals surface area (Å²) in [5.41, 5.74) is -0.0219. The molecule has 0 saturated carbocycles. The lowest BCUT2D eigenvalue weighted by atomic mass is 10.0. The van der Waals surface area contributed by atoms with Crippen molar-refractivity contribution in [3.63, 3.8) is 0 Å². The Morgan fingerprint density at radius 1 is 1.13 bits per heavy atom. The van der Waals surface area contributed by atoms with E-state index in [1.165, 1.54) is 0 Å². The molecule has 23 heavy (non-hydrogen) atoms. The lowest BCUT2D eigenvalue weighted by molar-refractivity contribution is 0.0919. The molecule has 6 nitrogen and oxygen atoms in total. The van der Waals surface area contributed by atoms with Gasteiger partial charge in [0.05, 0.1) is 12.1 Å². The van der Waals surface area contributed by atoms with Crippen LogP contribution in [0.25, 0.3) is 0 Å². The van der Waals surface area contributed by atoms with Crippen molar-refractivity contribution in [2.24, 2.45) is 0 Å². The van der Waals surface area contributed by atoms with E-state index < -0.39 is 11.6 Å². The van der Waals surface area contributed by atoms with Gasteiger partial charge in [-0.3, -0.25) is 4.79 Å². The van der Waals surface area contributed by atoms with E-state index in [9.17, 15) is 14.7 Å². The van der Waals surface area contributed by atoms with E-state index in [2.05, 4.69) is 16.0 Å². The largest absolute Gasteiger partial charge is 0.394 e. The van der Waals surface area contributed by atoms with Crippen LogP contribution >= 0.6 is 0 Å². The summed E-state index contributed by atoms with van der Waals surface area (Å²) in [7, 11) is 0. The molecule has 0 unspecified atom stereocenters. The summed E-state index contributed by atoms with van der Waals surface area (Å²) < 4.78 is 0. The maximum atomic E-state index is 12.1. The van der Waals surface area contributed by atoms with Crippen LogP contribution in [-0.4, -0.2) is 34.7 Å². The zero-order valence-corrected chi connectivity index (χ0v) is 14.5. The van der Waals surface area contributed by atoms with E-state index in [1.54, 1.807) is 31.2 Å². The Bertz CT molecular complexity index is 560. The molecule has 0 radical (unpaired) electrons. The van der Waals surface area contributed by atoms with Crippen LogP contribution in [0.1, 0.15) is 51.4 Å². The molecule has 0 aromatic heterocycles. The number of benzene rings is 1. The number of aliphatic hydroxyl groups is 1. The molecule has 0 aliphatic heterocycles. The highest BCUT2D eigenvalue weighted by atomic mass is 16.3. The molecular formula is C17H27N3O3. The minimum absolute atomic E-state index is 0.148.